The molecule has 3 heterocycles. The highest BCUT2D eigenvalue weighted by Gasteiger charge is 2.13. The van der Waals surface area contributed by atoms with Crippen LogP contribution in [0.3, 0.4) is 0 Å². The van der Waals surface area contributed by atoms with Crippen LogP contribution in [0.4, 0.5) is 5.69 Å². The summed E-state index contributed by atoms with van der Waals surface area (Å²) < 4.78 is 1.94. The number of hydrogen-bond acceptors (Lipinski definition) is 7. The number of amides is 1. The summed E-state index contributed by atoms with van der Waals surface area (Å²) in [5, 5.41) is 14.9. The molecule has 0 spiro atoms. The Morgan fingerprint density at radius 3 is 2.72 bits per heavy atom. The molecule has 0 atom stereocenters. The molecular formula is C20H20N6OS2. The predicted octanol–water partition coefficient (Wildman–Crippen LogP) is 3.98. The highest BCUT2D eigenvalue weighted by Crippen LogP contribution is 2.24. The van der Waals surface area contributed by atoms with Gasteiger partial charge in [0.15, 0.2) is 5.16 Å². The first-order valence-corrected chi connectivity index (χ1v) is 11.0. The molecule has 1 N–H and O–H groups in total. The lowest BCUT2D eigenvalue weighted by atomic mass is 10.2. The summed E-state index contributed by atoms with van der Waals surface area (Å²) in [6.45, 7) is 5.98. The van der Waals surface area contributed by atoms with E-state index in [-0.39, 0.29) is 12.3 Å². The average molecular weight is 425 g/mol. The molecule has 0 fully saturated rings. The van der Waals surface area contributed by atoms with Crippen LogP contribution in [0.2, 0.25) is 0 Å². The van der Waals surface area contributed by atoms with Gasteiger partial charge in [0.1, 0.15) is 5.01 Å². The average Bonchev–Trinajstić information content (AvgIpc) is 3.28. The second-order valence-electron chi connectivity index (χ2n) is 6.77. The standard InChI is InChI=1S/C20H20N6OS2/c1-12-4-6-15(7-5-12)22-17(27)9-18-23-16(10-28-18)11-29-20-25-24-19-21-13(2)8-14(3)26(19)20/h4-8,10H,9,11H2,1-3H3,(H,22,27). The molecule has 0 aliphatic carbocycles. The van der Waals surface area contributed by atoms with E-state index < -0.39 is 0 Å². The van der Waals surface area contributed by atoms with Crippen molar-refractivity contribution in [3.63, 3.8) is 0 Å². The van der Waals surface area contributed by atoms with Gasteiger partial charge in [0.25, 0.3) is 5.78 Å². The van der Waals surface area contributed by atoms with Gasteiger partial charge in [-0.05, 0) is 39.0 Å². The third kappa shape index (κ3) is 4.63. The van der Waals surface area contributed by atoms with E-state index in [1.807, 2.05) is 60.9 Å². The second kappa shape index (κ2) is 8.30. The van der Waals surface area contributed by atoms with Gasteiger partial charge in [-0.25, -0.2) is 9.97 Å². The van der Waals surface area contributed by atoms with Crippen molar-refractivity contribution >= 4 is 40.5 Å². The number of anilines is 1. The first-order valence-electron chi connectivity index (χ1n) is 9.10. The van der Waals surface area contributed by atoms with Crippen LogP contribution in [-0.4, -0.2) is 30.5 Å². The van der Waals surface area contributed by atoms with Crippen molar-refractivity contribution in [3.05, 3.63) is 63.4 Å². The zero-order chi connectivity index (χ0) is 20.4. The Balaban J connectivity index is 1.37. The van der Waals surface area contributed by atoms with E-state index in [0.717, 1.165) is 38.5 Å². The molecule has 1 aromatic carbocycles. The van der Waals surface area contributed by atoms with Crippen LogP contribution in [0.5, 0.6) is 0 Å². The van der Waals surface area contributed by atoms with Crippen molar-refractivity contribution in [1.29, 1.82) is 0 Å². The number of carbonyl (C=O) groups excluding carboxylic acids is 1. The number of nitrogens with one attached hydrogen (secondary N) is 1. The van der Waals surface area contributed by atoms with E-state index in [9.17, 15) is 4.79 Å². The number of thiazole rings is 1. The van der Waals surface area contributed by atoms with Crippen molar-refractivity contribution < 1.29 is 4.79 Å². The summed E-state index contributed by atoms with van der Waals surface area (Å²) in [7, 11) is 0. The highest BCUT2D eigenvalue weighted by atomic mass is 32.2. The summed E-state index contributed by atoms with van der Waals surface area (Å²) in [5.41, 5.74) is 4.85. The monoisotopic (exact) mass is 424 g/mol. The number of fused-ring (bicyclic) bond motifs is 1. The largest absolute Gasteiger partial charge is 0.326 e. The Kier molecular flexibility index (Phi) is 5.59. The molecule has 7 nitrogen and oxygen atoms in total. The van der Waals surface area contributed by atoms with Crippen LogP contribution in [-0.2, 0) is 17.0 Å². The third-order valence-corrected chi connectivity index (χ3v) is 6.12. The Bertz CT molecular complexity index is 1170. The molecule has 0 unspecified atom stereocenters. The molecule has 0 saturated heterocycles. The molecule has 0 aliphatic heterocycles. The number of benzene rings is 1. The lowest BCUT2D eigenvalue weighted by Crippen LogP contribution is -2.14. The molecule has 0 bridgehead atoms. The minimum absolute atomic E-state index is 0.0667. The van der Waals surface area contributed by atoms with Gasteiger partial charge >= 0.3 is 0 Å². The van der Waals surface area contributed by atoms with Crippen molar-refractivity contribution in [2.45, 2.75) is 38.1 Å². The van der Waals surface area contributed by atoms with E-state index in [0.29, 0.717) is 11.5 Å². The minimum Gasteiger partial charge on any atom is -0.326 e. The quantitative estimate of drug-likeness (QED) is 0.471. The van der Waals surface area contributed by atoms with Gasteiger partial charge in [0.05, 0.1) is 12.1 Å². The molecule has 4 aromatic rings. The van der Waals surface area contributed by atoms with Gasteiger partial charge in [0.2, 0.25) is 5.91 Å². The minimum atomic E-state index is -0.0667. The van der Waals surface area contributed by atoms with Gasteiger partial charge < -0.3 is 5.32 Å². The molecular weight excluding hydrogens is 404 g/mol. The van der Waals surface area contributed by atoms with Gasteiger partial charge in [-0.15, -0.1) is 21.5 Å². The van der Waals surface area contributed by atoms with E-state index in [1.165, 1.54) is 11.3 Å². The van der Waals surface area contributed by atoms with Crippen LogP contribution in [0, 0.1) is 20.8 Å². The fraction of sp³-hybridized carbons (Fsp3) is 0.250. The molecule has 0 aliphatic rings. The Morgan fingerprint density at radius 1 is 1.14 bits per heavy atom. The number of aryl methyl sites for hydroxylation is 3. The van der Waals surface area contributed by atoms with Gasteiger partial charge in [0, 0.05) is 28.2 Å². The lowest BCUT2D eigenvalue weighted by molar-refractivity contribution is -0.115. The first kappa shape index (κ1) is 19.5. The van der Waals surface area contributed by atoms with Crippen LogP contribution >= 0.6 is 23.1 Å². The molecule has 29 heavy (non-hydrogen) atoms. The zero-order valence-corrected chi connectivity index (χ0v) is 18.0. The van der Waals surface area contributed by atoms with Crippen molar-refractivity contribution in [3.8, 4) is 0 Å². The third-order valence-electron chi connectivity index (χ3n) is 4.26. The molecule has 3 aromatic heterocycles. The normalized spacial score (nSPS) is 11.1. The summed E-state index contributed by atoms with van der Waals surface area (Å²) in [4.78, 5) is 21.2. The van der Waals surface area contributed by atoms with Gasteiger partial charge in [-0.1, -0.05) is 29.5 Å². The van der Waals surface area contributed by atoms with Gasteiger partial charge in [-0.3, -0.25) is 9.20 Å². The van der Waals surface area contributed by atoms with Crippen LogP contribution in [0.25, 0.3) is 5.78 Å². The fourth-order valence-corrected chi connectivity index (χ4v) is 4.68. The summed E-state index contributed by atoms with van der Waals surface area (Å²) in [5.74, 6) is 1.20. The topological polar surface area (TPSA) is 85.1 Å². The molecule has 0 saturated carbocycles. The molecule has 9 heteroatoms. The number of thioether (sulfide) groups is 1. The number of nitrogens with zero attached hydrogens (tertiary/aromatic N) is 5. The molecule has 0 radical (unpaired) electrons. The van der Waals surface area contributed by atoms with Crippen molar-refractivity contribution in [1.82, 2.24) is 24.6 Å². The Labute approximate surface area is 176 Å². The van der Waals surface area contributed by atoms with Gasteiger partial charge in [-0.2, -0.15) is 0 Å². The zero-order valence-electron chi connectivity index (χ0n) is 16.3. The maximum atomic E-state index is 12.3. The molecule has 1 amide bonds. The SMILES string of the molecule is Cc1ccc(NC(=O)Cc2nc(CSc3nnc4nc(C)cc(C)n34)cs2)cc1. The Hall–Kier alpha value is -2.78. The van der Waals surface area contributed by atoms with Crippen molar-refractivity contribution in [2.75, 3.05) is 5.32 Å². The number of aromatic nitrogens is 5. The summed E-state index contributed by atoms with van der Waals surface area (Å²) in [6.07, 6.45) is 0.263. The van der Waals surface area contributed by atoms with E-state index in [2.05, 4.69) is 25.5 Å². The predicted molar refractivity (Wildman–Crippen MR) is 115 cm³/mol. The van der Waals surface area contributed by atoms with E-state index in [1.54, 1.807) is 11.8 Å². The lowest BCUT2D eigenvalue weighted by Gasteiger charge is -2.04. The van der Waals surface area contributed by atoms with E-state index >= 15 is 0 Å². The fourth-order valence-electron chi connectivity index (χ4n) is 2.91. The van der Waals surface area contributed by atoms with Crippen LogP contribution < -0.4 is 5.32 Å². The van der Waals surface area contributed by atoms with E-state index in [4.69, 9.17) is 0 Å². The second-order valence-corrected chi connectivity index (χ2v) is 8.65. The Morgan fingerprint density at radius 2 is 1.93 bits per heavy atom. The maximum Gasteiger partial charge on any atom is 0.256 e. The highest BCUT2D eigenvalue weighted by molar-refractivity contribution is 7.98. The number of hydrogen-bond donors (Lipinski definition) is 1. The van der Waals surface area contributed by atoms with Crippen molar-refractivity contribution in [2.24, 2.45) is 0 Å². The number of rotatable bonds is 6. The first-order chi connectivity index (χ1) is 14.0. The van der Waals surface area contributed by atoms with Crippen LogP contribution in [0.15, 0.2) is 40.9 Å². The summed E-state index contributed by atoms with van der Waals surface area (Å²) in [6, 6.07) is 9.76. The number of carbonyl (C=O) groups is 1. The molecule has 148 valence electrons. The summed E-state index contributed by atoms with van der Waals surface area (Å²) >= 11 is 3.06. The maximum absolute atomic E-state index is 12.3. The van der Waals surface area contributed by atoms with Crippen LogP contribution in [0.1, 0.15) is 27.7 Å². The molecule has 4 rings (SSSR count). The smallest absolute Gasteiger partial charge is 0.256 e.